The Hall–Kier alpha value is -2.15. The van der Waals surface area contributed by atoms with E-state index < -0.39 is 0 Å². The van der Waals surface area contributed by atoms with Gasteiger partial charge in [0, 0.05) is 23.9 Å². The third-order valence-corrected chi connectivity index (χ3v) is 2.78. The Morgan fingerprint density at radius 2 is 2.28 bits per heavy atom. The van der Waals surface area contributed by atoms with Gasteiger partial charge in [0.25, 0.3) is 0 Å². The number of aryl methyl sites for hydroxylation is 1. The van der Waals surface area contributed by atoms with Crippen LogP contribution in [0.3, 0.4) is 0 Å². The van der Waals surface area contributed by atoms with Crippen LogP contribution in [-0.4, -0.2) is 9.78 Å². The second-order valence-electron chi connectivity index (χ2n) is 4.15. The fourth-order valence-electron chi connectivity index (χ4n) is 1.76. The smallest absolute Gasteiger partial charge is 0.131 e. The van der Waals surface area contributed by atoms with E-state index in [0.717, 1.165) is 19.4 Å². The van der Waals surface area contributed by atoms with Crippen molar-refractivity contribution in [2.45, 2.75) is 26.3 Å². The van der Waals surface area contributed by atoms with Gasteiger partial charge in [-0.15, -0.1) is 0 Å². The van der Waals surface area contributed by atoms with Gasteiger partial charge in [0.2, 0.25) is 0 Å². The highest BCUT2D eigenvalue weighted by molar-refractivity contribution is 5.64. The summed E-state index contributed by atoms with van der Waals surface area (Å²) < 4.78 is 15.5. The number of aromatic nitrogens is 2. The van der Waals surface area contributed by atoms with Crippen LogP contribution in [-0.2, 0) is 6.54 Å². The predicted octanol–water partition coefficient (Wildman–Crippen LogP) is 3.36. The lowest BCUT2D eigenvalue weighted by Gasteiger charge is -2.00. The number of hydrogen-bond donors (Lipinski definition) is 0. The van der Waals surface area contributed by atoms with Crippen LogP contribution in [0.5, 0.6) is 0 Å². The van der Waals surface area contributed by atoms with Crippen LogP contribution in [0.1, 0.15) is 25.3 Å². The van der Waals surface area contributed by atoms with Gasteiger partial charge in [0.1, 0.15) is 5.82 Å². The molecule has 0 aliphatic heterocycles. The van der Waals surface area contributed by atoms with E-state index in [0.29, 0.717) is 16.7 Å². The van der Waals surface area contributed by atoms with E-state index in [-0.39, 0.29) is 5.82 Å². The lowest BCUT2D eigenvalue weighted by Crippen LogP contribution is -1.96. The highest BCUT2D eigenvalue weighted by Gasteiger charge is 2.08. The number of nitrogens with zero attached hydrogens (tertiary/aromatic N) is 3. The summed E-state index contributed by atoms with van der Waals surface area (Å²) in [4.78, 5) is 0. The van der Waals surface area contributed by atoms with Gasteiger partial charge >= 0.3 is 0 Å². The van der Waals surface area contributed by atoms with Gasteiger partial charge in [-0.25, -0.2) is 4.39 Å². The van der Waals surface area contributed by atoms with E-state index in [1.165, 1.54) is 12.1 Å². The molecule has 2 aromatic rings. The zero-order valence-electron chi connectivity index (χ0n) is 10.2. The van der Waals surface area contributed by atoms with Gasteiger partial charge in [-0.3, -0.25) is 4.68 Å². The van der Waals surface area contributed by atoms with Crippen molar-refractivity contribution in [3.8, 4) is 17.2 Å². The van der Waals surface area contributed by atoms with Crippen LogP contribution in [0.25, 0.3) is 11.1 Å². The summed E-state index contributed by atoms with van der Waals surface area (Å²) in [5, 5.41) is 13.0. The van der Waals surface area contributed by atoms with Crippen molar-refractivity contribution in [1.82, 2.24) is 9.78 Å². The average molecular weight is 243 g/mol. The molecule has 0 unspecified atom stereocenters. The van der Waals surface area contributed by atoms with Crippen LogP contribution in [0.2, 0.25) is 0 Å². The fourth-order valence-corrected chi connectivity index (χ4v) is 1.76. The molecule has 1 heterocycles. The molecule has 0 saturated heterocycles. The normalized spacial score (nSPS) is 10.3. The van der Waals surface area contributed by atoms with E-state index in [1.807, 2.05) is 12.3 Å². The SMILES string of the molecule is CCCCn1cc(-c2cc(C#N)ccc2F)cn1. The van der Waals surface area contributed by atoms with E-state index >= 15 is 0 Å². The molecule has 3 nitrogen and oxygen atoms in total. The van der Waals surface area contributed by atoms with Crippen LogP contribution in [0.4, 0.5) is 4.39 Å². The molecular weight excluding hydrogens is 229 g/mol. The summed E-state index contributed by atoms with van der Waals surface area (Å²) in [7, 11) is 0. The van der Waals surface area contributed by atoms with Crippen molar-refractivity contribution in [2.75, 3.05) is 0 Å². The maximum absolute atomic E-state index is 13.7. The summed E-state index contributed by atoms with van der Waals surface area (Å²) >= 11 is 0. The molecule has 0 spiro atoms. The monoisotopic (exact) mass is 243 g/mol. The topological polar surface area (TPSA) is 41.6 Å². The summed E-state index contributed by atoms with van der Waals surface area (Å²) in [5.74, 6) is -0.330. The summed E-state index contributed by atoms with van der Waals surface area (Å²) in [6.45, 7) is 2.94. The number of halogens is 1. The summed E-state index contributed by atoms with van der Waals surface area (Å²) in [5.41, 5.74) is 1.59. The predicted molar refractivity (Wildman–Crippen MR) is 67.2 cm³/mol. The van der Waals surface area contributed by atoms with E-state index in [1.54, 1.807) is 16.9 Å². The second kappa shape index (κ2) is 5.46. The van der Waals surface area contributed by atoms with Crippen LogP contribution in [0, 0.1) is 17.1 Å². The van der Waals surface area contributed by atoms with E-state index in [9.17, 15) is 4.39 Å². The zero-order chi connectivity index (χ0) is 13.0. The van der Waals surface area contributed by atoms with Crippen molar-refractivity contribution in [3.05, 3.63) is 42.0 Å². The van der Waals surface area contributed by atoms with Gasteiger partial charge in [0.05, 0.1) is 17.8 Å². The van der Waals surface area contributed by atoms with Crippen molar-refractivity contribution in [3.63, 3.8) is 0 Å². The first-order chi connectivity index (χ1) is 8.74. The molecule has 0 amide bonds. The Bertz CT molecular complexity index is 581. The first kappa shape index (κ1) is 12.3. The van der Waals surface area contributed by atoms with Crippen LogP contribution in [0.15, 0.2) is 30.6 Å². The Kier molecular flexibility index (Phi) is 3.73. The summed E-state index contributed by atoms with van der Waals surface area (Å²) in [6.07, 6.45) is 5.58. The standard InChI is InChI=1S/C14H14FN3/c1-2-3-6-18-10-12(9-17-18)13-7-11(8-16)4-5-14(13)15/h4-5,7,9-10H,2-3,6H2,1H3. The Morgan fingerprint density at radius 3 is 3.00 bits per heavy atom. The zero-order valence-corrected chi connectivity index (χ0v) is 10.2. The number of nitriles is 1. The van der Waals surface area contributed by atoms with Crippen molar-refractivity contribution in [1.29, 1.82) is 5.26 Å². The molecule has 0 saturated carbocycles. The fraction of sp³-hybridized carbons (Fsp3) is 0.286. The molecule has 1 aromatic heterocycles. The summed E-state index contributed by atoms with van der Waals surface area (Å²) in [6, 6.07) is 6.35. The molecule has 0 fully saturated rings. The molecule has 0 N–H and O–H groups in total. The molecule has 0 aliphatic carbocycles. The highest BCUT2D eigenvalue weighted by Crippen LogP contribution is 2.23. The van der Waals surface area contributed by atoms with Crippen molar-refractivity contribution < 1.29 is 4.39 Å². The third-order valence-electron chi connectivity index (χ3n) is 2.78. The van der Waals surface area contributed by atoms with Crippen LogP contribution < -0.4 is 0 Å². The largest absolute Gasteiger partial charge is 0.272 e. The molecule has 92 valence electrons. The molecule has 0 bridgehead atoms. The third kappa shape index (κ3) is 2.57. The van der Waals surface area contributed by atoms with E-state index in [2.05, 4.69) is 12.0 Å². The lowest BCUT2D eigenvalue weighted by atomic mass is 10.1. The first-order valence-corrected chi connectivity index (χ1v) is 5.97. The minimum atomic E-state index is -0.330. The molecule has 2 rings (SSSR count). The minimum Gasteiger partial charge on any atom is -0.272 e. The Labute approximate surface area is 105 Å². The molecule has 4 heteroatoms. The molecule has 0 aliphatic rings. The first-order valence-electron chi connectivity index (χ1n) is 5.97. The number of rotatable bonds is 4. The minimum absolute atomic E-state index is 0.330. The number of hydrogen-bond acceptors (Lipinski definition) is 2. The van der Waals surface area contributed by atoms with Gasteiger partial charge in [0.15, 0.2) is 0 Å². The van der Waals surface area contributed by atoms with Gasteiger partial charge in [-0.2, -0.15) is 10.4 Å². The highest BCUT2D eigenvalue weighted by atomic mass is 19.1. The van der Waals surface area contributed by atoms with E-state index in [4.69, 9.17) is 5.26 Å². The van der Waals surface area contributed by atoms with Gasteiger partial charge < -0.3 is 0 Å². The second-order valence-corrected chi connectivity index (χ2v) is 4.15. The maximum Gasteiger partial charge on any atom is 0.131 e. The van der Waals surface area contributed by atoms with Crippen molar-refractivity contribution in [2.24, 2.45) is 0 Å². The maximum atomic E-state index is 13.7. The number of unbranched alkanes of at least 4 members (excludes halogenated alkanes) is 1. The van der Waals surface area contributed by atoms with Gasteiger partial charge in [-0.1, -0.05) is 13.3 Å². The molecule has 18 heavy (non-hydrogen) atoms. The quantitative estimate of drug-likeness (QED) is 0.826. The van der Waals surface area contributed by atoms with Crippen molar-refractivity contribution >= 4 is 0 Å². The Morgan fingerprint density at radius 1 is 1.44 bits per heavy atom. The lowest BCUT2D eigenvalue weighted by molar-refractivity contribution is 0.572. The molecule has 0 radical (unpaired) electrons. The average Bonchev–Trinajstić information content (AvgIpc) is 2.85. The molecule has 1 aromatic carbocycles. The Balaban J connectivity index is 2.31. The van der Waals surface area contributed by atoms with Gasteiger partial charge in [-0.05, 0) is 24.6 Å². The number of benzene rings is 1. The molecular formula is C14H14FN3. The van der Waals surface area contributed by atoms with Crippen LogP contribution >= 0.6 is 0 Å². The molecule has 0 atom stereocenters.